The first-order valence-corrected chi connectivity index (χ1v) is 16.4. The van der Waals surface area contributed by atoms with E-state index in [1.165, 1.54) is 36.7 Å². The van der Waals surface area contributed by atoms with Crippen molar-refractivity contribution in [2.24, 2.45) is 11.8 Å². The summed E-state index contributed by atoms with van der Waals surface area (Å²) in [5.41, 5.74) is 4.58. The number of carbonyl (C=O) groups excluding carboxylic acids is 1. The van der Waals surface area contributed by atoms with Gasteiger partial charge in [-0.3, -0.25) is 9.69 Å². The van der Waals surface area contributed by atoms with Crippen LogP contribution < -0.4 is 5.32 Å². The van der Waals surface area contributed by atoms with Crippen LogP contribution >= 0.6 is 11.8 Å². The maximum atomic E-state index is 14.1. The van der Waals surface area contributed by atoms with Gasteiger partial charge >= 0.3 is 5.97 Å². The number of hydrogen-bond donors (Lipinski definition) is 2. The molecule has 2 N–H and O–H groups in total. The fraction of sp³-hybridized carbons (Fsp3) is 0.429. The Balaban J connectivity index is 1.66. The van der Waals surface area contributed by atoms with E-state index in [0.717, 1.165) is 53.6 Å². The van der Waals surface area contributed by atoms with Gasteiger partial charge in [0, 0.05) is 31.3 Å². The molecule has 0 saturated heterocycles. The number of carbonyl (C=O) groups is 2. The average Bonchev–Trinajstić information content (AvgIpc) is 2.96. The fourth-order valence-corrected chi connectivity index (χ4v) is 6.47. The van der Waals surface area contributed by atoms with Crippen LogP contribution in [0, 0.1) is 30.4 Å². The molecule has 8 heteroatoms. The minimum Gasteiger partial charge on any atom is -0.480 e. The van der Waals surface area contributed by atoms with Crippen LogP contribution in [0.2, 0.25) is 0 Å². The van der Waals surface area contributed by atoms with Crippen LogP contribution in [0.25, 0.3) is 11.1 Å². The molecule has 0 bridgehead atoms. The van der Waals surface area contributed by atoms with E-state index in [2.05, 4.69) is 17.1 Å². The summed E-state index contributed by atoms with van der Waals surface area (Å²) in [5, 5.41) is 12.4. The molecule has 1 fully saturated rings. The Hall–Kier alpha value is -3.23. The largest absolute Gasteiger partial charge is 0.480 e. The van der Waals surface area contributed by atoms with Crippen LogP contribution in [0.3, 0.4) is 0 Å². The molecule has 1 aliphatic carbocycles. The number of nitrogens with zero attached hydrogens (tertiary/aromatic N) is 1. The number of carboxylic acid groups (broad SMARTS) is 1. The fourth-order valence-electron chi connectivity index (χ4n) is 6.00. The maximum absolute atomic E-state index is 14.1. The van der Waals surface area contributed by atoms with Crippen LogP contribution in [0.15, 0.2) is 60.7 Å². The number of aliphatic carboxylic acids is 1. The van der Waals surface area contributed by atoms with E-state index in [4.69, 9.17) is 0 Å². The summed E-state index contributed by atoms with van der Waals surface area (Å²) >= 11 is 1.53. The Labute approximate surface area is 258 Å². The second-order valence-corrected chi connectivity index (χ2v) is 12.9. The first-order valence-electron chi connectivity index (χ1n) is 15.0. The summed E-state index contributed by atoms with van der Waals surface area (Å²) in [4.78, 5) is 27.6. The van der Waals surface area contributed by atoms with Gasteiger partial charge in [-0.2, -0.15) is 11.8 Å². The molecule has 0 spiro atoms. The molecule has 0 aromatic heterocycles. The molecule has 0 heterocycles. The van der Waals surface area contributed by atoms with Crippen LogP contribution in [0.4, 0.5) is 8.78 Å². The zero-order valence-electron chi connectivity index (χ0n) is 25.2. The second-order valence-electron chi connectivity index (χ2n) is 11.9. The molecule has 5 nitrogen and oxygen atoms in total. The topological polar surface area (TPSA) is 69.6 Å². The van der Waals surface area contributed by atoms with E-state index in [1.807, 2.05) is 49.6 Å². The monoisotopic (exact) mass is 608 g/mol. The molecule has 3 aromatic rings. The lowest BCUT2D eigenvalue weighted by atomic mass is 9.82. The molecule has 1 aliphatic rings. The Bertz CT molecular complexity index is 1390. The molecule has 230 valence electrons. The zero-order valence-corrected chi connectivity index (χ0v) is 26.1. The van der Waals surface area contributed by atoms with Crippen molar-refractivity contribution < 1.29 is 23.5 Å². The third-order valence-corrected chi connectivity index (χ3v) is 9.01. The van der Waals surface area contributed by atoms with Gasteiger partial charge in [-0.15, -0.1) is 0 Å². The van der Waals surface area contributed by atoms with Crippen LogP contribution in [-0.2, 0) is 17.9 Å². The Morgan fingerprint density at radius 3 is 2.28 bits per heavy atom. The van der Waals surface area contributed by atoms with Crippen molar-refractivity contribution in [1.29, 1.82) is 0 Å². The minimum atomic E-state index is -1.06. The molecule has 1 amide bonds. The van der Waals surface area contributed by atoms with Gasteiger partial charge in [0.05, 0.1) is 0 Å². The molecular formula is C35H42F2N2O3S. The lowest BCUT2D eigenvalue weighted by molar-refractivity contribution is -0.139. The van der Waals surface area contributed by atoms with E-state index in [9.17, 15) is 23.5 Å². The van der Waals surface area contributed by atoms with Crippen LogP contribution in [-0.4, -0.2) is 46.5 Å². The Morgan fingerprint density at radius 1 is 0.953 bits per heavy atom. The van der Waals surface area contributed by atoms with Gasteiger partial charge in [-0.1, -0.05) is 50.1 Å². The summed E-state index contributed by atoms with van der Waals surface area (Å²) in [6.07, 6.45) is 6.85. The van der Waals surface area contributed by atoms with Gasteiger partial charge in [0.15, 0.2) is 0 Å². The van der Waals surface area contributed by atoms with Crippen molar-refractivity contribution in [3.8, 4) is 11.1 Å². The summed E-state index contributed by atoms with van der Waals surface area (Å²) in [6.45, 7) is 6.02. The van der Waals surface area contributed by atoms with E-state index in [1.54, 1.807) is 6.07 Å². The molecule has 1 atom stereocenters. The van der Waals surface area contributed by atoms with Crippen LogP contribution in [0.5, 0.6) is 0 Å². The molecular weight excluding hydrogens is 566 g/mol. The van der Waals surface area contributed by atoms with Crippen molar-refractivity contribution in [3.63, 3.8) is 0 Å². The predicted molar refractivity (Wildman–Crippen MR) is 170 cm³/mol. The Morgan fingerprint density at radius 2 is 1.63 bits per heavy atom. The zero-order chi connectivity index (χ0) is 30.9. The van der Waals surface area contributed by atoms with E-state index in [-0.39, 0.29) is 0 Å². The SMILES string of the molecule is CSCCC(NC(=O)c1ccc(CN(Cc2cc(F)cc(F)c2)CC2CCC(C)CC2)cc1-c1ccccc1C)C(=O)O. The third kappa shape index (κ3) is 9.38. The van der Waals surface area contributed by atoms with Gasteiger partial charge in [-0.25, -0.2) is 13.6 Å². The first kappa shape index (κ1) is 32.7. The highest BCUT2D eigenvalue weighted by Gasteiger charge is 2.24. The highest BCUT2D eigenvalue weighted by Crippen LogP contribution is 2.32. The number of amides is 1. The van der Waals surface area contributed by atoms with Gasteiger partial charge in [0.2, 0.25) is 0 Å². The lowest BCUT2D eigenvalue weighted by Gasteiger charge is -2.32. The van der Waals surface area contributed by atoms with Crippen molar-refractivity contribution in [2.75, 3.05) is 18.6 Å². The summed E-state index contributed by atoms with van der Waals surface area (Å²) in [7, 11) is 0. The second kappa shape index (κ2) is 15.5. The lowest BCUT2D eigenvalue weighted by Crippen LogP contribution is -2.41. The summed E-state index contributed by atoms with van der Waals surface area (Å²) < 4.78 is 28.2. The smallest absolute Gasteiger partial charge is 0.326 e. The number of nitrogens with one attached hydrogen (secondary N) is 1. The molecule has 0 aliphatic heterocycles. The van der Waals surface area contributed by atoms with E-state index in [0.29, 0.717) is 42.3 Å². The van der Waals surface area contributed by atoms with Gasteiger partial charge in [0.25, 0.3) is 5.91 Å². The highest BCUT2D eigenvalue weighted by molar-refractivity contribution is 7.98. The number of halogens is 2. The molecule has 4 rings (SSSR count). The summed E-state index contributed by atoms with van der Waals surface area (Å²) in [6, 6.07) is 16.2. The Kier molecular flexibility index (Phi) is 11.8. The van der Waals surface area contributed by atoms with Gasteiger partial charge in [-0.05, 0) is 102 Å². The average molecular weight is 609 g/mol. The van der Waals surface area contributed by atoms with Crippen molar-refractivity contribution in [1.82, 2.24) is 10.2 Å². The molecule has 1 saturated carbocycles. The van der Waals surface area contributed by atoms with Crippen molar-refractivity contribution >= 4 is 23.6 Å². The van der Waals surface area contributed by atoms with Crippen molar-refractivity contribution in [2.45, 2.75) is 65.1 Å². The molecule has 0 radical (unpaired) electrons. The standard InChI is InChI=1S/C35H42F2N2O3S/c1-23-8-10-25(11-9-23)20-39(22-27-16-28(36)19-29(37)17-27)21-26-12-13-31(32(18-26)30-7-5-4-6-24(30)2)34(40)38-33(35(41)42)14-15-43-3/h4-7,12-13,16-19,23,25,33H,8-11,14-15,20-22H2,1-3H3,(H,38,40)(H,41,42). The number of thioether (sulfide) groups is 1. The number of rotatable bonds is 13. The predicted octanol–water partition coefficient (Wildman–Crippen LogP) is 7.70. The highest BCUT2D eigenvalue weighted by atomic mass is 32.2. The van der Waals surface area contributed by atoms with Gasteiger partial charge < -0.3 is 10.4 Å². The van der Waals surface area contributed by atoms with E-state index >= 15 is 0 Å². The third-order valence-electron chi connectivity index (χ3n) is 8.36. The number of hydrogen-bond acceptors (Lipinski definition) is 4. The van der Waals surface area contributed by atoms with Crippen molar-refractivity contribution in [3.05, 3.63) is 94.6 Å². The number of carboxylic acids is 1. The summed E-state index contributed by atoms with van der Waals surface area (Å²) in [5.74, 6) is -0.818. The first-order chi connectivity index (χ1) is 20.6. The van der Waals surface area contributed by atoms with Crippen LogP contribution in [0.1, 0.15) is 66.1 Å². The molecule has 1 unspecified atom stereocenters. The molecule has 43 heavy (non-hydrogen) atoms. The molecule has 3 aromatic carbocycles. The number of aryl methyl sites for hydroxylation is 1. The van der Waals surface area contributed by atoms with Gasteiger partial charge in [0.1, 0.15) is 17.7 Å². The quantitative estimate of drug-likeness (QED) is 0.208. The normalized spacial score (nSPS) is 17.5. The van der Waals surface area contributed by atoms with E-state index < -0.39 is 29.6 Å². The number of benzene rings is 3. The minimum absolute atomic E-state index is 0.329. The maximum Gasteiger partial charge on any atom is 0.326 e.